The zero-order valence-electron chi connectivity index (χ0n) is 13.8. The third-order valence-corrected chi connectivity index (χ3v) is 4.24. The molecule has 1 aromatic rings. The van der Waals surface area contributed by atoms with Gasteiger partial charge in [0.15, 0.2) is 0 Å². The Hall–Kier alpha value is -2.08. The van der Waals surface area contributed by atoms with Gasteiger partial charge in [-0.05, 0) is 56.0 Å². The Morgan fingerprint density at radius 3 is 2.43 bits per heavy atom. The van der Waals surface area contributed by atoms with Crippen LogP contribution in [0.2, 0.25) is 0 Å². The Balaban J connectivity index is 1.72. The number of rotatable bonds is 5. The first-order valence-electron chi connectivity index (χ1n) is 7.97. The van der Waals surface area contributed by atoms with E-state index in [4.69, 9.17) is 4.74 Å². The molecular weight excluding hydrogens is 294 g/mol. The Labute approximate surface area is 137 Å². The molecule has 0 aliphatic carbocycles. The van der Waals surface area contributed by atoms with Crippen LogP contribution in [0.5, 0.6) is 5.75 Å². The first-order chi connectivity index (χ1) is 11.1. The maximum absolute atomic E-state index is 11.7. The highest BCUT2D eigenvalue weighted by molar-refractivity contribution is 5.95. The van der Waals surface area contributed by atoms with E-state index in [0.717, 1.165) is 38.1 Å². The van der Waals surface area contributed by atoms with E-state index < -0.39 is 6.03 Å². The van der Waals surface area contributed by atoms with Crippen LogP contribution in [0.4, 0.5) is 4.79 Å². The van der Waals surface area contributed by atoms with E-state index in [1.165, 1.54) is 12.6 Å². The Morgan fingerprint density at radius 2 is 1.87 bits per heavy atom. The lowest BCUT2D eigenvalue weighted by Crippen LogP contribution is -2.45. The lowest BCUT2D eigenvalue weighted by atomic mass is 9.90. The van der Waals surface area contributed by atoms with E-state index in [1.54, 1.807) is 7.11 Å². The van der Waals surface area contributed by atoms with Crippen LogP contribution in [-0.2, 0) is 11.2 Å². The van der Waals surface area contributed by atoms with E-state index >= 15 is 0 Å². The minimum atomic E-state index is -0.454. The number of nitrogens with one attached hydrogen (secondary N) is 2. The maximum Gasteiger partial charge on any atom is 0.321 e. The zero-order chi connectivity index (χ0) is 16.7. The molecule has 1 aliphatic rings. The van der Waals surface area contributed by atoms with Gasteiger partial charge in [-0.25, -0.2) is 4.79 Å². The summed E-state index contributed by atoms with van der Waals surface area (Å²) in [6.45, 7) is 2.06. The predicted octanol–water partition coefficient (Wildman–Crippen LogP) is 1.41. The number of imide groups is 1. The van der Waals surface area contributed by atoms with E-state index in [0.29, 0.717) is 5.92 Å². The summed E-state index contributed by atoms with van der Waals surface area (Å²) in [5.74, 6) is 1.27. The molecular formula is C17H25N3O3. The van der Waals surface area contributed by atoms with E-state index in [2.05, 4.69) is 27.7 Å². The number of methoxy groups -OCH3 is 1. The summed E-state index contributed by atoms with van der Waals surface area (Å²) in [5.41, 5.74) is 1.32. The van der Waals surface area contributed by atoms with Gasteiger partial charge >= 0.3 is 6.03 Å². The lowest BCUT2D eigenvalue weighted by Gasteiger charge is -2.31. The molecule has 1 fully saturated rings. The number of carbonyl (C=O) groups is 2. The van der Waals surface area contributed by atoms with Crippen LogP contribution in [0.25, 0.3) is 0 Å². The Bertz CT molecular complexity index is 522. The van der Waals surface area contributed by atoms with Crippen molar-refractivity contribution in [1.82, 2.24) is 15.5 Å². The molecule has 3 amide bonds. The number of hydrogen-bond acceptors (Lipinski definition) is 4. The number of ether oxygens (including phenoxy) is 1. The molecule has 0 bridgehead atoms. The van der Waals surface area contributed by atoms with Crippen LogP contribution in [0.1, 0.15) is 18.4 Å². The molecule has 0 aromatic heterocycles. The maximum atomic E-state index is 11.7. The fourth-order valence-electron chi connectivity index (χ4n) is 2.88. The van der Waals surface area contributed by atoms with Gasteiger partial charge < -0.3 is 10.1 Å². The van der Waals surface area contributed by atoms with E-state index in [1.807, 2.05) is 12.1 Å². The van der Waals surface area contributed by atoms with Crippen LogP contribution in [0, 0.1) is 5.92 Å². The molecule has 23 heavy (non-hydrogen) atoms. The molecule has 1 saturated heterocycles. The molecule has 0 spiro atoms. The summed E-state index contributed by atoms with van der Waals surface area (Å²) in [4.78, 5) is 24.9. The van der Waals surface area contributed by atoms with Gasteiger partial charge in [-0.2, -0.15) is 0 Å². The summed E-state index contributed by atoms with van der Waals surface area (Å²) < 4.78 is 5.17. The quantitative estimate of drug-likeness (QED) is 0.861. The minimum Gasteiger partial charge on any atom is -0.497 e. The van der Waals surface area contributed by atoms with Crippen LogP contribution < -0.4 is 15.4 Å². The van der Waals surface area contributed by atoms with Crippen LogP contribution >= 0.6 is 0 Å². The summed E-state index contributed by atoms with van der Waals surface area (Å²) in [5, 5.41) is 4.67. The zero-order valence-corrected chi connectivity index (χ0v) is 13.8. The SMILES string of the molecule is CNC(=O)NC(=O)CN1CCC(Cc2ccc(OC)cc2)CC1. The predicted molar refractivity (Wildman–Crippen MR) is 88.5 cm³/mol. The number of urea groups is 1. The first kappa shape index (κ1) is 17.3. The van der Waals surface area contributed by atoms with Gasteiger partial charge in [0.1, 0.15) is 5.75 Å². The van der Waals surface area contributed by atoms with Crippen LogP contribution in [-0.4, -0.2) is 50.6 Å². The summed E-state index contributed by atoms with van der Waals surface area (Å²) in [6.07, 6.45) is 3.20. The van der Waals surface area contributed by atoms with Crippen LogP contribution in [0.3, 0.4) is 0 Å². The van der Waals surface area contributed by atoms with E-state index in [9.17, 15) is 9.59 Å². The standard InChI is InChI=1S/C17H25N3O3/c1-18-17(22)19-16(21)12-20-9-7-14(8-10-20)11-13-3-5-15(23-2)6-4-13/h3-6,14H,7-12H2,1-2H3,(H2,18,19,21,22). The number of nitrogens with zero attached hydrogens (tertiary/aromatic N) is 1. The molecule has 126 valence electrons. The summed E-state index contributed by atoms with van der Waals surface area (Å²) >= 11 is 0. The minimum absolute atomic E-state index is 0.252. The first-order valence-corrected chi connectivity index (χ1v) is 7.97. The van der Waals surface area contributed by atoms with Crippen molar-refractivity contribution in [2.45, 2.75) is 19.3 Å². The van der Waals surface area contributed by atoms with E-state index in [-0.39, 0.29) is 12.5 Å². The van der Waals surface area contributed by atoms with Gasteiger partial charge in [0.25, 0.3) is 0 Å². The highest BCUT2D eigenvalue weighted by Gasteiger charge is 2.21. The number of piperidine rings is 1. The molecule has 1 heterocycles. The van der Waals surface area contributed by atoms with Crippen molar-refractivity contribution >= 4 is 11.9 Å². The number of carbonyl (C=O) groups excluding carboxylic acids is 2. The molecule has 0 atom stereocenters. The molecule has 1 aromatic carbocycles. The Kier molecular flexibility index (Phi) is 6.40. The molecule has 2 N–H and O–H groups in total. The molecule has 0 unspecified atom stereocenters. The second kappa shape index (κ2) is 8.53. The van der Waals surface area contributed by atoms with Crippen molar-refractivity contribution in [3.8, 4) is 5.75 Å². The molecule has 0 saturated carbocycles. The van der Waals surface area contributed by atoms with Gasteiger partial charge in [0.2, 0.25) is 5.91 Å². The van der Waals surface area contributed by atoms with Crippen LogP contribution in [0.15, 0.2) is 24.3 Å². The average molecular weight is 319 g/mol. The van der Waals surface area contributed by atoms with Gasteiger partial charge in [-0.15, -0.1) is 0 Å². The van der Waals surface area contributed by atoms with Gasteiger partial charge in [0, 0.05) is 7.05 Å². The highest BCUT2D eigenvalue weighted by atomic mass is 16.5. The normalized spacial score (nSPS) is 15.9. The van der Waals surface area contributed by atoms with Crippen molar-refractivity contribution in [1.29, 1.82) is 0 Å². The second-order valence-corrected chi connectivity index (χ2v) is 5.90. The Morgan fingerprint density at radius 1 is 1.22 bits per heavy atom. The largest absolute Gasteiger partial charge is 0.497 e. The molecule has 1 aliphatic heterocycles. The van der Waals surface area contributed by atoms with Crippen molar-refractivity contribution in [3.05, 3.63) is 29.8 Å². The molecule has 6 heteroatoms. The van der Waals surface area contributed by atoms with Crippen molar-refractivity contribution in [2.24, 2.45) is 5.92 Å². The molecule has 6 nitrogen and oxygen atoms in total. The van der Waals surface area contributed by atoms with Crippen molar-refractivity contribution in [2.75, 3.05) is 33.8 Å². The fraction of sp³-hybridized carbons (Fsp3) is 0.529. The third kappa shape index (κ3) is 5.56. The fourth-order valence-corrected chi connectivity index (χ4v) is 2.88. The van der Waals surface area contributed by atoms with Gasteiger partial charge in [-0.3, -0.25) is 15.0 Å². The second-order valence-electron chi connectivity index (χ2n) is 5.90. The van der Waals surface area contributed by atoms with Crippen molar-refractivity contribution in [3.63, 3.8) is 0 Å². The molecule has 0 radical (unpaired) electrons. The number of amides is 3. The van der Waals surface area contributed by atoms with Gasteiger partial charge in [-0.1, -0.05) is 12.1 Å². The summed E-state index contributed by atoms with van der Waals surface area (Å²) in [6, 6.07) is 7.76. The third-order valence-electron chi connectivity index (χ3n) is 4.24. The molecule has 2 rings (SSSR count). The van der Waals surface area contributed by atoms with Gasteiger partial charge in [0.05, 0.1) is 13.7 Å². The highest BCUT2D eigenvalue weighted by Crippen LogP contribution is 2.22. The smallest absolute Gasteiger partial charge is 0.321 e. The number of likely N-dealkylation sites (tertiary alicyclic amines) is 1. The monoisotopic (exact) mass is 319 g/mol. The number of benzene rings is 1. The van der Waals surface area contributed by atoms with Crippen molar-refractivity contribution < 1.29 is 14.3 Å². The summed E-state index contributed by atoms with van der Waals surface area (Å²) in [7, 11) is 3.16. The lowest BCUT2D eigenvalue weighted by molar-refractivity contribution is -0.121. The topological polar surface area (TPSA) is 70.7 Å². The number of hydrogen-bond donors (Lipinski definition) is 2. The average Bonchev–Trinajstić information content (AvgIpc) is 2.57.